The number of carbonyl (C=O) groups is 1. The smallest absolute Gasteiger partial charge is 0.211 e. The van der Waals surface area contributed by atoms with Crippen LogP contribution in [0.15, 0.2) is 24.5 Å². The first-order chi connectivity index (χ1) is 6.31. The monoisotopic (exact) mass is 287 g/mol. The van der Waals surface area contributed by atoms with Gasteiger partial charge in [0.1, 0.15) is 0 Å². The molecule has 1 amide bonds. The number of pyridine rings is 1. The SMILES string of the molecule is O=CNc1ccc2c(I)cnn2c1. The number of hydrogen-bond acceptors (Lipinski definition) is 2. The average molecular weight is 287 g/mol. The summed E-state index contributed by atoms with van der Waals surface area (Å²) in [5.74, 6) is 0. The Bertz CT molecular complexity index is 452. The molecule has 0 radical (unpaired) electrons. The molecule has 1 N–H and O–H groups in total. The first kappa shape index (κ1) is 8.49. The Kier molecular flexibility index (Phi) is 2.17. The van der Waals surface area contributed by atoms with Crippen molar-refractivity contribution in [2.45, 2.75) is 0 Å². The van der Waals surface area contributed by atoms with Crippen LogP contribution in [0.3, 0.4) is 0 Å². The predicted octanol–water partition coefficient (Wildman–Crippen LogP) is 1.51. The summed E-state index contributed by atoms with van der Waals surface area (Å²) in [7, 11) is 0. The molecule has 0 aliphatic rings. The van der Waals surface area contributed by atoms with Crippen LogP contribution >= 0.6 is 22.6 Å². The van der Waals surface area contributed by atoms with Gasteiger partial charge in [-0.3, -0.25) is 4.79 Å². The summed E-state index contributed by atoms with van der Waals surface area (Å²) in [4.78, 5) is 10.2. The molecule has 0 bridgehead atoms. The molecule has 2 aromatic rings. The highest BCUT2D eigenvalue weighted by Crippen LogP contribution is 2.15. The first-order valence-corrected chi connectivity index (χ1v) is 4.72. The molecule has 0 unspecified atom stereocenters. The van der Waals surface area contributed by atoms with Gasteiger partial charge in [0.15, 0.2) is 0 Å². The van der Waals surface area contributed by atoms with E-state index in [2.05, 4.69) is 33.0 Å². The summed E-state index contributed by atoms with van der Waals surface area (Å²) in [6.45, 7) is 0. The minimum absolute atomic E-state index is 0.648. The van der Waals surface area contributed by atoms with Gasteiger partial charge in [0, 0.05) is 0 Å². The Hall–Kier alpha value is -1.11. The van der Waals surface area contributed by atoms with Crippen LogP contribution in [0.2, 0.25) is 0 Å². The molecule has 0 fully saturated rings. The van der Waals surface area contributed by atoms with Crippen LogP contribution in [0.4, 0.5) is 5.69 Å². The van der Waals surface area contributed by atoms with E-state index in [-0.39, 0.29) is 0 Å². The Morgan fingerprint density at radius 1 is 1.54 bits per heavy atom. The molecule has 13 heavy (non-hydrogen) atoms. The zero-order chi connectivity index (χ0) is 9.26. The molecule has 2 aromatic heterocycles. The van der Waals surface area contributed by atoms with Crippen molar-refractivity contribution in [2.24, 2.45) is 0 Å². The van der Waals surface area contributed by atoms with Gasteiger partial charge in [-0.1, -0.05) is 0 Å². The molecule has 5 heteroatoms. The average Bonchev–Trinajstić information content (AvgIpc) is 2.48. The van der Waals surface area contributed by atoms with E-state index in [0.717, 1.165) is 14.8 Å². The van der Waals surface area contributed by atoms with E-state index in [1.54, 1.807) is 16.9 Å². The fourth-order valence-electron chi connectivity index (χ4n) is 1.11. The van der Waals surface area contributed by atoms with Crippen molar-refractivity contribution in [1.82, 2.24) is 9.61 Å². The minimum Gasteiger partial charge on any atom is -0.327 e. The third kappa shape index (κ3) is 1.51. The van der Waals surface area contributed by atoms with Gasteiger partial charge in [-0.2, -0.15) is 5.10 Å². The second-order valence-electron chi connectivity index (χ2n) is 2.50. The van der Waals surface area contributed by atoms with E-state index in [4.69, 9.17) is 0 Å². The minimum atomic E-state index is 0.648. The van der Waals surface area contributed by atoms with Gasteiger partial charge in [-0.05, 0) is 34.7 Å². The Morgan fingerprint density at radius 2 is 2.38 bits per heavy atom. The Morgan fingerprint density at radius 3 is 3.15 bits per heavy atom. The molecule has 4 nitrogen and oxygen atoms in total. The standard InChI is InChI=1S/C8H6IN3O/c9-7-3-11-12-4-6(10-5-13)1-2-8(7)12/h1-5H,(H,10,13). The second kappa shape index (κ2) is 3.33. The van der Waals surface area contributed by atoms with Gasteiger partial charge in [-0.15, -0.1) is 0 Å². The molecule has 0 saturated carbocycles. The lowest BCUT2D eigenvalue weighted by atomic mass is 10.4. The van der Waals surface area contributed by atoms with Gasteiger partial charge in [0.25, 0.3) is 0 Å². The zero-order valence-electron chi connectivity index (χ0n) is 6.57. The maximum atomic E-state index is 10.2. The maximum absolute atomic E-state index is 10.2. The highest BCUT2D eigenvalue weighted by Gasteiger charge is 2.00. The maximum Gasteiger partial charge on any atom is 0.211 e. The lowest BCUT2D eigenvalue weighted by Gasteiger charge is -1.98. The van der Waals surface area contributed by atoms with Crippen molar-refractivity contribution in [3.8, 4) is 0 Å². The number of nitrogens with one attached hydrogen (secondary N) is 1. The molecule has 0 saturated heterocycles. The number of amides is 1. The highest BCUT2D eigenvalue weighted by atomic mass is 127. The summed E-state index contributed by atoms with van der Waals surface area (Å²) < 4.78 is 2.82. The molecule has 0 atom stereocenters. The number of carbonyl (C=O) groups excluding carboxylic acids is 1. The van der Waals surface area contributed by atoms with Crippen molar-refractivity contribution < 1.29 is 4.79 Å². The Balaban J connectivity index is 2.56. The van der Waals surface area contributed by atoms with Crippen LogP contribution in [-0.2, 0) is 4.79 Å². The van der Waals surface area contributed by atoms with Crippen LogP contribution in [0.1, 0.15) is 0 Å². The van der Waals surface area contributed by atoms with Gasteiger partial charge < -0.3 is 5.32 Å². The summed E-state index contributed by atoms with van der Waals surface area (Å²) in [6, 6.07) is 3.76. The van der Waals surface area contributed by atoms with Crippen molar-refractivity contribution >= 4 is 40.2 Å². The molecular weight excluding hydrogens is 281 g/mol. The number of anilines is 1. The van der Waals surface area contributed by atoms with E-state index in [9.17, 15) is 4.79 Å². The molecule has 0 aromatic carbocycles. The zero-order valence-corrected chi connectivity index (χ0v) is 8.72. The van der Waals surface area contributed by atoms with E-state index in [0.29, 0.717) is 6.41 Å². The van der Waals surface area contributed by atoms with Crippen molar-refractivity contribution in [1.29, 1.82) is 0 Å². The normalized spacial score (nSPS) is 10.2. The predicted molar refractivity (Wildman–Crippen MR) is 57.6 cm³/mol. The van der Waals surface area contributed by atoms with E-state index >= 15 is 0 Å². The van der Waals surface area contributed by atoms with Gasteiger partial charge in [0.05, 0.1) is 27.2 Å². The lowest BCUT2D eigenvalue weighted by Crippen LogP contribution is -1.96. The van der Waals surface area contributed by atoms with E-state index in [1.807, 2.05) is 12.1 Å². The fraction of sp³-hybridized carbons (Fsp3) is 0. The van der Waals surface area contributed by atoms with Crippen LogP contribution < -0.4 is 5.32 Å². The summed E-state index contributed by atoms with van der Waals surface area (Å²) in [6.07, 6.45) is 4.20. The molecule has 66 valence electrons. The van der Waals surface area contributed by atoms with E-state index < -0.39 is 0 Å². The van der Waals surface area contributed by atoms with Crippen LogP contribution in [0.5, 0.6) is 0 Å². The quantitative estimate of drug-likeness (QED) is 0.672. The third-order valence-corrected chi connectivity index (χ3v) is 2.53. The molecule has 0 aliphatic heterocycles. The van der Waals surface area contributed by atoms with E-state index in [1.165, 1.54) is 0 Å². The largest absolute Gasteiger partial charge is 0.327 e. The summed E-state index contributed by atoms with van der Waals surface area (Å²) >= 11 is 2.21. The number of aromatic nitrogens is 2. The molecular formula is C8H6IN3O. The number of halogens is 1. The molecule has 0 spiro atoms. The molecule has 2 heterocycles. The second-order valence-corrected chi connectivity index (χ2v) is 3.66. The van der Waals surface area contributed by atoms with Crippen molar-refractivity contribution in [2.75, 3.05) is 5.32 Å². The van der Waals surface area contributed by atoms with Gasteiger partial charge >= 0.3 is 0 Å². The van der Waals surface area contributed by atoms with Crippen LogP contribution in [-0.4, -0.2) is 16.0 Å². The number of fused-ring (bicyclic) bond motifs is 1. The third-order valence-electron chi connectivity index (χ3n) is 1.69. The number of nitrogens with zero attached hydrogens (tertiary/aromatic N) is 2. The van der Waals surface area contributed by atoms with Crippen LogP contribution in [0.25, 0.3) is 5.52 Å². The highest BCUT2D eigenvalue weighted by molar-refractivity contribution is 14.1. The van der Waals surface area contributed by atoms with Crippen molar-refractivity contribution in [3.05, 3.63) is 28.1 Å². The number of rotatable bonds is 2. The topological polar surface area (TPSA) is 46.4 Å². The van der Waals surface area contributed by atoms with Gasteiger partial charge in [0.2, 0.25) is 6.41 Å². The number of hydrogen-bond donors (Lipinski definition) is 1. The first-order valence-electron chi connectivity index (χ1n) is 3.64. The summed E-state index contributed by atoms with van der Waals surface area (Å²) in [5.41, 5.74) is 1.78. The summed E-state index contributed by atoms with van der Waals surface area (Å²) in [5, 5.41) is 6.68. The molecule has 0 aliphatic carbocycles. The Labute approximate surface area is 88.1 Å². The van der Waals surface area contributed by atoms with Gasteiger partial charge in [-0.25, -0.2) is 4.52 Å². The lowest BCUT2D eigenvalue weighted by molar-refractivity contribution is -0.105. The molecule has 2 rings (SSSR count). The van der Waals surface area contributed by atoms with Crippen LogP contribution in [0, 0.1) is 3.57 Å². The fourth-order valence-corrected chi connectivity index (χ4v) is 1.66. The van der Waals surface area contributed by atoms with Crippen molar-refractivity contribution in [3.63, 3.8) is 0 Å².